The van der Waals surface area contributed by atoms with Crippen molar-refractivity contribution in [2.24, 2.45) is 0 Å². The lowest BCUT2D eigenvalue weighted by atomic mass is 10.0. The Balaban J connectivity index is 2.26. The summed E-state index contributed by atoms with van der Waals surface area (Å²) in [5, 5.41) is 2.79. The Morgan fingerprint density at radius 1 is 1.20 bits per heavy atom. The van der Waals surface area contributed by atoms with Gasteiger partial charge < -0.3 is 5.32 Å². The van der Waals surface area contributed by atoms with Gasteiger partial charge in [0.15, 0.2) is 0 Å². The number of carbonyl (C=O) groups is 1. The topological polar surface area (TPSA) is 29.1 Å². The van der Waals surface area contributed by atoms with Gasteiger partial charge in [-0.25, -0.2) is 4.39 Å². The first-order valence-corrected chi connectivity index (χ1v) is 6.81. The third-order valence-electron chi connectivity index (χ3n) is 2.97. The van der Waals surface area contributed by atoms with Gasteiger partial charge in [-0.2, -0.15) is 0 Å². The van der Waals surface area contributed by atoms with Crippen molar-refractivity contribution in [3.63, 3.8) is 0 Å². The van der Waals surface area contributed by atoms with Gasteiger partial charge in [0.1, 0.15) is 11.7 Å². The summed E-state index contributed by atoms with van der Waals surface area (Å²) in [6.07, 6.45) is 0.623. The van der Waals surface area contributed by atoms with E-state index >= 15 is 0 Å². The molecule has 20 heavy (non-hydrogen) atoms. The molecule has 0 aromatic heterocycles. The molecule has 0 saturated carbocycles. The molecule has 0 spiro atoms. The highest BCUT2D eigenvalue weighted by molar-refractivity contribution is 6.29. The number of rotatable bonds is 4. The number of halogens is 2. The summed E-state index contributed by atoms with van der Waals surface area (Å²) in [7, 11) is 0. The molecule has 0 aliphatic rings. The number of alkyl halides is 1. The maximum atomic E-state index is 12.9. The number of carbonyl (C=O) groups excluding carboxylic acids is 1. The molecule has 2 aromatic rings. The minimum absolute atomic E-state index is 0.0794. The predicted molar refractivity (Wildman–Crippen MR) is 79.7 cm³/mol. The van der Waals surface area contributed by atoms with Crippen LogP contribution >= 0.6 is 11.6 Å². The second kappa shape index (κ2) is 6.53. The highest BCUT2D eigenvalue weighted by Gasteiger charge is 2.07. The second-order valence-corrected chi connectivity index (χ2v) is 4.91. The molecule has 0 bridgehead atoms. The maximum absolute atomic E-state index is 12.9. The molecule has 2 rings (SSSR count). The van der Waals surface area contributed by atoms with E-state index in [9.17, 15) is 9.18 Å². The molecule has 104 valence electrons. The summed E-state index contributed by atoms with van der Waals surface area (Å²) in [4.78, 5) is 11.4. The van der Waals surface area contributed by atoms with E-state index in [-0.39, 0.29) is 17.6 Å². The normalized spacial score (nSPS) is 10.3. The van der Waals surface area contributed by atoms with Gasteiger partial charge in [0.2, 0.25) is 5.91 Å². The zero-order valence-corrected chi connectivity index (χ0v) is 11.9. The van der Waals surface area contributed by atoms with Gasteiger partial charge in [-0.3, -0.25) is 4.79 Å². The third kappa shape index (κ3) is 3.81. The van der Waals surface area contributed by atoms with Crippen molar-refractivity contribution in [3.8, 4) is 0 Å². The van der Waals surface area contributed by atoms with E-state index < -0.39 is 0 Å². The van der Waals surface area contributed by atoms with Crippen LogP contribution in [0.5, 0.6) is 0 Å². The molecule has 0 unspecified atom stereocenters. The molecule has 0 fully saturated rings. The lowest BCUT2D eigenvalue weighted by Crippen LogP contribution is -2.14. The fraction of sp³-hybridized carbons (Fsp3) is 0.188. The highest BCUT2D eigenvalue weighted by atomic mass is 35.5. The Labute approximate surface area is 122 Å². The quantitative estimate of drug-likeness (QED) is 0.851. The van der Waals surface area contributed by atoms with Crippen LogP contribution in [0.3, 0.4) is 0 Å². The molecule has 1 amide bonds. The largest absolute Gasteiger partial charge is 0.325 e. The van der Waals surface area contributed by atoms with Crippen molar-refractivity contribution in [1.82, 2.24) is 0 Å². The first-order valence-electron chi connectivity index (χ1n) is 6.28. The van der Waals surface area contributed by atoms with Gasteiger partial charge in [0.25, 0.3) is 0 Å². The maximum Gasteiger partial charge on any atom is 0.239 e. The lowest BCUT2D eigenvalue weighted by molar-refractivity contribution is -0.113. The fourth-order valence-electron chi connectivity index (χ4n) is 1.97. The minimum atomic E-state index is -0.256. The fourth-order valence-corrected chi connectivity index (χ4v) is 2.03. The number of hydrogen-bond acceptors (Lipinski definition) is 1. The molecule has 0 atom stereocenters. The summed E-state index contributed by atoms with van der Waals surface area (Å²) >= 11 is 5.52. The second-order valence-electron chi connectivity index (χ2n) is 4.65. The van der Waals surface area contributed by atoms with Crippen LogP contribution in [0.2, 0.25) is 0 Å². The van der Waals surface area contributed by atoms with Crippen LogP contribution in [-0.4, -0.2) is 11.8 Å². The van der Waals surface area contributed by atoms with Gasteiger partial charge in [-0.1, -0.05) is 24.3 Å². The van der Waals surface area contributed by atoms with Gasteiger partial charge >= 0.3 is 0 Å². The van der Waals surface area contributed by atoms with E-state index in [1.54, 1.807) is 12.1 Å². The Morgan fingerprint density at radius 3 is 2.55 bits per heavy atom. The van der Waals surface area contributed by atoms with E-state index in [0.717, 1.165) is 22.4 Å². The molecule has 0 heterocycles. The molecule has 0 radical (unpaired) electrons. The van der Waals surface area contributed by atoms with Crippen molar-refractivity contribution < 1.29 is 9.18 Å². The monoisotopic (exact) mass is 291 g/mol. The number of hydrogen-bond donors (Lipinski definition) is 1. The number of aryl methyl sites for hydroxylation is 1. The van der Waals surface area contributed by atoms with E-state index in [1.165, 1.54) is 12.1 Å². The molecule has 0 aliphatic carbocycles. The summed E-state index contributed by atoms with van der Waals surface area (Å²) in [6.45, 7) is 1.96. The average Bonchev–Trinajstić information content (AvgIpc) is 2.44. The smallest absolute Gasteiger partial charge is 0.239 e. The molecule has 2 aromatic carbocycles. The first kappa shape index (κ1) is 14.5. The number of anilines is 1. The van der Waals surface area contributed by atoms with Crippen LogP contribution in [-0.2, 0) is 11.2 Å². The van der Waals surface area contributed by atoms with Crippen molar-refractivity contribution in [3.05, 3.63) is 65.0 Å². The SMILES string of the molecule is Cc1ccc(Cc2ccc(F)cc2)c(NC(=O)CCl)c1. The Hall–Kier alpha value is -1.87. The Morgan fingerprint density at radius 2 is 1.90 bits per heavy atom. The molecule has 2 nitrogen and oxygen atoms in total. The van der Waals surface area contributed by atoms with Crippen LogP contribution in [0.15, 0.2) is 42.5 Å². The number of benzene rings is 2. The van der Waals surface area contributed by atoms with Crippen LogP contribution in [0, 0.1) is 12.7 Å². The summed E-state index contributed by atoms with van der Waals surface area (Å²) in [5.74, 6) is -0.574. The third-order valence-corrected chi connectivity index (χ3v) is 3.21. The molecular formula is C16H15ClFNO. The van der Waals surface area contributed by atoms with Crippen molar-refractivity contribution in [1.29, 1.82) is 0 Å². The van der Waals surface area contributed by atoms with Crippen LogP contribution in [0.25, 0.3) is 0 Å². The molecule has 4 heteroatoms. The number of nitrogens with one attached hydrogen (secondary N) is 1. The zero-order chi connectivity index (χ0) is 14.5. The van der Waals surface area contributed by atoms with Crippen molar-refractivity contribution >= 4 is 23.2 Å². The van der Waals surface area contributed by atoms with Crippen molar-refractivity contribution in [2.45, 2.75) is 13.3 Å². The molecule has 0 saturated heterocycles. The summed E-state index contributed by atoms with van der Waals surface area (Å²) in [5.41, 5.74) is 3.76. The van der Waals surface area contributed by atoms with E-state index in [1.807, 2.05) is 25.1 Å². The standard InChI is InChI=1S/C16H15ClFNO/c1-11-2-5-13(15(8-11)19-16(20)10-17)9-12-3-6-14(18)7-4-12/h2-8H,9-10H2,1H3,(H,19,20). The van der Waals surface area contributed by atoms with Gasteiger partial charge in [-0.05, 0) is 48.2 Å². The lowest BCUT2D eigenvalue weighted by Gasteiger charge is -2.11. The van der Waals surface area contributed by atoms with Gasteiger partial charge in [-0.15, -0.1) is 11.6 Å². The average molecular weight is 292 g/mol. The van der Waals surface area contributed by atoms with E-state index in [2.05, 4.69) is 5.32 Å². The number of amides is 1. The van der Waals surface area contributed by atoms with Crippen LogP contribution < -0.4 is 5.32 Å². The highest BCUT2D eigenvalue weighted by Crippen LogP contribution is 2.21. The summed E-state index contributed by atoms with van der Waals surface area (Å²) < 4.78 is 12.9. The predicted octanol–water partition coefficient (Wildman–Crippen LogP) is 3.90. The van der Waals surface area contributed by atoms with Crippen molar-refractivity contribution in [2.75, 3.05) is 11.2 Å². The van der Waals surface area contributed by atoms with Gasteiger partial charge in [0.05, 0.1) is 0 Å². The molecule has 1 N–H and O–H groups in total. The van der Waals surface area contributed by atoms with Gasteiger partial charge in [0, 0.05) is 5.69 Å². The zero-order valence-electron chi connectivity index (χ0n) is 11.1. The Bertz CT molecular complexity index is 610. The molecular weight excluding hydrogens is 277 g/mol. The summed E-state index contributed by atoms with van der Waals surface area (Å²) in [6, 6.07) is 12.2. The Kier molecular flexibility index (Phi) is 4.74. The first-order chi connectivity index (χ1) is 9.58. The van der Waals surface area contributed by atoms with Crippen LogP contribution in [0.1, 0.15) is 16.7 Å². The minimum Gasteiger partial charge on any atom is -0.325 e. The van der Waals surface area contributed by atoms with Crippen LogP contribution in [0.4, 0.5) is 10.1 Å². The van der Waals surface area contributed by atoms with E-state index in [4.69, 9.17) is 11.6 Å². The molecule has 0 aliphatic heterocycles. The van der Waals surface area contributed by atoms with E-state index in [0.29, 0.717) is 6.42 Å².